The maximum Gasteiger partial charge on any atom is 0.409 e. The maximum absolute atomic E-state index is 13.0. The fraction of sp³-hybridized carbons (Fsp3) is 0.600. The van der Waals surface area contributed by atoms with E-state index in [2.05, 4.69) is 6.92 Å². The van der Waals surface area contributed by atoms with Crippen molar-refractivity contribution in [1.82, 2.24) is 14.1 Å². The first-order valence-corrected chi connectivity index (χ1v) is 11.6. The van der Waals surface area contributed by atoms with E-state index < -0.39 is 10.0 Å². The number of hydrogen-bond donors (Lipinski definition) is 0. The van der Waals surface area contributed by atoms with Gasteiger partial charge in [-0.3, -0.25) is 4.79 Å². The number of piperidine rings is 1. The molecule has 1 aromatic rings. The monoisotopic (exact) mass is 423 g/mol. The highest BCUT2D eigenvalue weighted by molar-refractivity contribution is 7.89. The van der Waals surface area contributed by atoms with E-state index >= 15 is 0 Å². The van der Waals surface area contributed by atoms with Gasteiger partial charge in [0.05, 0.1) is 11.5 Å². The van der Waals surface area contributed by atoms with Crippen molar-refractivity contribution in [3.63, 3.8) is 0 Å². The molecular weight excluding hydrogens is 394 g/mol. The minimum Gasteiger partial charge on any atom is -0.450 e. The quantitative estimate of drug-likeness (QED) is 0.739. The summed E-state index contributed by atoms with van der Waals surface area (Å²) in [6.45, 7) is 6.79. The summed E-state index contributed by atoms with van der Waals surface area (Å²) in [5, 5.41) is 0. The normalized spacial score (nSPS) is 19.2. The van der Waals surface area contributed by atoms with Crippen LogP contribution in [0.15, 0.2) is 29.2 Å². The molecule has 9 heteroatoms. The zero-order chi connectivity index (χ0) is 21.0. The summed E-state index contributed by atoms with van der Waals surface area (Å²) in [7, 11) is -3.61. The Balaban J connectivity index is 1.68. The molecule has 0 N–H and O–H groups in total. The summed E-state index contributed by atoms with van der Waals surface area (Å²) in [6, 6.07) is 6.26. The van der Waals surface area contributed by atoms with E-state index in [0.29, 0.717) is 57.4 Å². The van der Waals surface area contributed by atoms with Crippen LogP contribution in [-0.4, -0.2) is 80.4 Å². The lowest BCUT2D eigenvalue weighted by molar-refractivity contribution is 0.0570. The molecule has 0 aliphatic carbocycles. The van der Waals surface area contributed by atoms with Crippen LogP contribution in [0.2, 0.25) is 0 Å². The Morgan fingerprint density at radius 3 is 2.28 bits per heavy atom. The molecule has 1 aromatic carbocycles. The predicted octanol–water partition coefficient (Wildman–Crippen LogP) is 2.02. The molecule has 0 saturated carbocycles. The first kappa shape index (κ1) is 21.6. The van der Waals surface area contributed by atoms with E-state index in [9.17, 15) is 18.0 Å². The highest BCUT2D eigenvalue weighted by Gasteiger charge is 2.30. The summed E-state index contributed by atoms with van der Waals surface area (Å²) >= 11 is 0. The molecule has 0 aromatic heterocycles. The Morgan fingerprint density at radius 2 is 1.66 bits per heavy atom. The number of benzene rings is 1. The maximum atomic E-state index is 13.0. The molecule has 2 amide bonds. The van der Waals surface area contributed by atoms with Gasteiger partial charge >= 0.3 is 6.09 Å². The molecule has 0 atom stereocenters. The minimum absolute atomic E-state index is 0.156. The molecule has 8 nitrogen and oxygen atoms in total. The third-order valence-corrected chi connectivity index (χ3v) is 7.45. The van der Waals surface area contributed by atoms with Crippen molar-refractivity contribution < 1.29 is 22.7 Å². The van der Waals surface area contributed by atoms with Crippen molar-refractivity contribution in [3.8, 4) is 0 Å². The number of rotatable bonds is 4. The van der Waals surface area contributed by atoms with Crippen LogP contribution < -0.4 is 0 Å². The molecule has 0 unspecified atom stereocenters. The first-order chi connectivity index (χ1) is 13.8. The summed E-state index contributed by atoms with van der Waals surface area (Å²) in [6.07, 6.45) is 1.33. The molecule has 0 bridgehead atoms. The van der Waals surface area contributed by atoms with Crippen LogP contribution in [-0.2, 0) is 14.8 Å². The Hall–Kier alpha value is -2.13. The number of sulfonamides is 1. The minimum atomic E-state index is -3.61. The van der Waals surface area contributed by atoms with Crippen molar-refractivity contribution in [3.05, 3.63) is 29.8 Å². The second-order valence-corrected chi connectivity index (χ2v) is 9.53. The SMILES string of the molecule is CCOC(=O)N1CCN(C(=O)c2cccc(S(=O)(=O)N3CCC(C)CC3)c2)CC1. The number of ether oxygens (including phenoxy) is 1. The van der Waals surface area contributed by atoms with Gasteiger partial charge in [0.1, 0.15) is 0 Å². The van der Waals surface area contributed by atoms with Crippen LogP contribution in [0, 0.1) is 5.92 Å². The average Bonchev–Trinajstić information content (AvgIpc) is 2.74. The van der Waals surface area contributed by atoms with Crippen LogP contribution in [0.4, 0.5) is 4.79 Å². The van der Waals surface area contributed by atoms with E-state index in [1.807, 2.05) is 0 Å². The predicted molar refractivity (Wildman–Crippen MR) is 108 cm³/mol. The van der Waals surface area contributed by atoms with Gasteiger partial charge in [0.25, 0.3) is 5.91 Å². The van der Waals surface area contributed by atoms with Gasteiger partial charge in [-0.2, -0.15) is 4.31 Å². The van der Waals surface area contributed by atoms with Gasteiger partial charge in [0, 0.05) is 44.8 Å². The fourth-order valence-electron chi connectivity index (χ4n) is 3.65. The standard InChI is InChI=1S/C20H29N3O5S/c1-3-28-20(25)22-13-11-21(12-14-22)19(24)17-5-4-6-18(15-17)29(26,27)23-9-7-16(2)8-10-23/h4-6,15-16H,3,7-14H2,1-2H3. The van der Waals surface area contributed by atoms with Crippen molar-refractivity contribution in [2.24, 2.45) is 5.92 Å². The summed E-state index contributed by atoms with van der Waals surface area (Å²) in [5.74, 6) is 0.306. The van der Waals surface area contributed by atoms with E-state index in [1.54, 1.807) is 34.9 Å². The number of amides is 2. The van der Waals surface area contributed by atoms with Gasteiger partial charge in [-0.15, -0.1) is 0 Å². The second-order valence-electron chi connectivity index (χ2n) is 7.59. The molecule has 2 aliphatic rings. The van der Waals surface area contributed by atoms with E-state index in [4.69, 9.17) is 4.74 Å². The number of piperazine rings is 1. The van der Waals surface area contributed by atoms with Crippen molar-refractivity contribution in [2.75, 3.05) is 45.9 Å². The molecule has 2 heterocycles. The summed E-state index contributed by atoms with van der Waals surface area (Å²) in [5.41, 5.74) is 0.348. The van der Waals surface area contributed by atoms with E-state index in [0.717, 1.165) is 12.8 Å². The molecule has 2 saturated heterocycles. The molecular formula is C20H29N3O5S. The van der Waals surface area contributed by atoms with Crippen molar-refractivity contribution in [2.45, 2.75) is 31.6 Å². The van der Waals surface area contributed by atoms with Gasteiger partial charge in [0.15, 0.2) is 0 Å². The Morgan fingerprint density at radius 1 is 1.03 bits per heavy atom. The second kappa shape index (κ2) is 9.13. The van der Waals surface area contributed by atoms with Crippen molar-refractivity contribution in [1.29, 1.82) is 0 Å². The number of nitrogens with zero attached hydrogens (tertiary/aromatic N) is 3. The molecule has 160 valence electrons. The third-order valence-electron chi connectivity index (χ3n) is 5.55. The summed E-state index contributed by atoms with van der Waals surface area (Å²) < 4.78 is 32.4. The van der Waals surface area contributed by atoms with Crippen LogP contribution in [0.25, 0.3) is 0 Å². The molecule has 2 aliphatic heterocycles. The van der Waals surface area contributed by atoms with E-state index in [-0.39, 0.29) is 16.9 Å². The van der Waals surface area contributed by atoms with Crippen LogP contribution >= 0.6 is 0 Å². The van der Waals surface area contributed by atoms with Crippen LogP contribution in [0.3, 0.4) is 0 Å². The van der Waals surface area contributed by atoms with Crippen LogP contribution in [0.5, 0.6) is 0 Å². The van der Waals surface area contributed by atoms with Gasteiger partial charge in [-0.25, -0.2) is 13.2 Å². The lowest BCUT2D eigenvalue weighted by atomic mass is 10.0. The lowest BCUT2D eigenvalue weighted by Crippen LogP contribution is -2.50. The van der Waals surface area contributed by atoms with Gasteiger partial charge < -0.3 is 14.5 Å². The Labute approximate surface area is 172 Å². The summed E-state index contributed by atoms with van der Waals surface area (Å²) in [4.78, 5) is 28.1. The smallest absolute Gasteiger partial charge is 0.409 e. The van der Waals surface area contributed by atoms with Gasteiger partial charge in [0.2, 0.25) is 10.0 Å². The number of carbonyl (C=O) groups excluding carboxylic acids is 2. The Kier molecular flexibility index (Phi) is 6.79. The molecule has 0 spiro atoms. The van der Waals surface area contributed by atoms with E-state index in [1.165, 1.54) is 10.4 Å². The number of carbonyl (C=O) groups is 2. The largest absolute Gasteiger partial charge is 0.450 e. The number of hydrogen-bond acceptors (Lipinski definition) is 5. The first-order valence-electron chi connectivity index (χ1n) is 10.1. The zero-order valence-corrected chi connectivity index (χ0v) is 17.9. The lowest BCUT2D eigenvalue weighted by Gasteiger charge is -2.34. The fourth-order valence-corrected chi connectivity index (χ4v) is 5.17. The third kappa shape index (κ3) is 4.90. The zero-order valence-electron chi connectivity index (χ0n) is 17.0. The van der Waals surface area contributed by atoms with Crippen LogP contribution in [0.1, 0.15) is 37.0 Å². The molecule has 29 heavy (non-hydrogen) atoms. The molecule has 3 rings (SSSR count). The highest BCUT2D eigenvalue weighted by Crippen LogP contribution is 2.24. The van der Waals surface area contributed by atoms with Gasteiger partial charge in [-0.1, -0.05) is 13.0 Å². The average molecular weight is 424 g/mol. The molecule has 0 radical (unpaired) electrons. The Bertz CT molecular complexity index is 841. The molecule has 2 fully saturated rings. The van der Waals surface area contributed by atoms with Crippen molar-refractivity contribution >= 4 is 22.0 Å². The topological polar surface area (TPSA) is 87.2 Å². The highest BCUT2D eigenvalue weighted by atomic mass is 32.2. The van der Waals surface area contributed by atoms with Gasteiger partial charge in [-0.05, 0) is 43.9 Å².